The fraction of sp³-hybridized carbons (Fsp3) is 0.185. The van der Waals surface area contributed by atoms with E-state index in [0.29, 0.717) is 23.1 Å². The summed E-state index contributed by atoms with van der Waals surface area (Å²) in [4.78, 5) is 43.5. The Morgan fingerprint density at radius 2 is 1.67 bits per heavy atom. The van der Waals surface area contributed by atoms with Crippen molar-refractivity contribution < 1.29 is 9.59 Å². The van der Waals surface area contributed by atoms with Crippen molar-refractivity contribution >= 4 is 22.7 Å². The first kappa shape index (κ1) is 22.1. The number of amides is 1. The molecular formula is C27H25N3O3. The van der Waals surface area contributed by atoms with Gasteiger partial charge in [0.15, 0.2) is 5.78 Å². The Hall–Kier alpha value is -4.06. The molecule has 0 unspecified atom stereocenters. The summed E-state index contributed by atoms with van der Waals surface area (Å²) in [6.07, 6.45) is 2.32. The van der Waals surface area contributed by atoms with Crippen molar-refractivity contribution in [1.29, 1.82) is 0 Å². The molecule has 166 valence electrons. The number of carbonyl (C=O) groups excluding carboxylic acids is 2. The van der Waals surface area contributed by atoms with Crippen LogP contribution < -0.4 is 10.7 Å². The molecule has 1 N–H and O–H groups in total. The predicted octanol–water partition coefficient (Wildman–Crippen LogP) is 3.81. The van der Waals surface area contributed by atoms with Gasteiger partial charge in [-0.15, -0.1) is 0 Å². The van der Waals surface area contributed by atoms with E-state index in [9.17, 15) is 14.4 Å². The molecule has 0 aliphatic heterocycles. The smallest absolute Gasteiger partial charge is 0.240 e. The average molecular weight is 440 g/mol. The molecule has 2 aromatic carbocycles. The maximum Gasteiger partial charge on any atom is 0.240 e. The summed E-state index contributed by atoms with van der Waals surface area (Å²) in [5.74, 6) is -0.610. The number of fused-ring (bicyclic) bond motifs is 1. The zero-order chi connectivity index (χ0) is 23.4. The van der Waals surface area contributed by atoms with E-state index in [2.05, 4.69) is 10.3 Å². The second-order valence-corrected chi connectivity index (χ2v) is 7.97. The predicted molar refractivity (Wildman–Crippen MR) is 128 cm³/mol. The topological polar surface area (TPSA) is 81.1 Å². The summed E-state index contributed by atoms with van der Waals surface area (Å²) in [6, 6.07) is 20.2. The minimum atomic E-state index is -0.386. The summed E-state index contributed by atoms with van der Waals surface area (Å²) in [7, 11) is 0. The lowest BCUT2D eigenvalue weighted by molar-refractivity contribution is -0.121. The number of aryl methyl sites for hydroxylation is 2. The summed E-state index contributed by atoms with van der Waals surface area (Å²) in [5, 5.41) is 3.20. The largest absolute Gasteiger partial charge is 0.350 e. The number of ketones is 1. The van der Waals surface area contributed by atoms with Gasteiger partial charge in [0.1, 0.15) is 12.2 Å². The maximum atomic E-state index is 13.2. The Bertz CT molecular complexity index is 1370. The van der Waals surface area contributed by atoms with Crippen molar-refractivity contribution in [3.63, 3.8) is 0 Å². The molecule has 0 spiro atoms. The first-order chi connectivity index (χ1) is 16.0. The normalized spacial score (nSPS) is 10.8. The third-order valence-corrected chi connectivity index (χ3v) is 5.58. The second-order valence-electron chi connectivity index (χ2n) is 7.97. The van der Waals surface area contributed by atoms with Crippen molar-refractivity contribution in [3.05, 3.63) is 111 Å². The van der Waals surface area contributed by atoms with Gasteiger partial charge in [0.05, 0.1) is 10.9 Å². The van der Waals surface area contributed by atoms with E-state index in [1.807, 2.05) is 56.3 Å². The third kappa shape index (κ3) is 4.90. The molecule has 1 amide bonds. The molecule has 0 aliphatic rings. The molecule has 0 fully saturated rings. The van der Waals surface area contributed by atoms with Gasteiger partial charge in [0, 0.05) is 24.0 Å². The number of benzene rings is 2. The zero-order valence-corrected chi connectivity index (χ0v) is 18.7. The first-order valence-electron chi connectivity index (χ1n) is 10.9. The van der Waals surface area contributed by atoms with E-state index in [-0.39, 0.29) is 29.2 Å². The first-order valence-corrected chi connectivity index (χ1v) is 10.9. The van der Waals surface area contributed by atoms with E-state index in [1.54, 1.807) is 28.8 Å². The van der Waals surface area contributed by atoms with Gasteiger partial charge in [-0.2, -0.15) is 0 Å². The maximum absolute atomic E-state index is 13.2. The monoisotopic (exact) mass is 439 g/mol. The van der Waals surface area contributed by atoms with Gasteiger partial charge < -0.3 is 9.88 Å². The van der Waals surface area contributed by atoms with Crippen LogP contribution in [0.1, 0.15) is 39.7 Å². The molecule has 2 aromatic heterocycles. The number of nitrogens with one attached hydrogen (secondary N) is 1. The highest BCUT2D eigenvalue weighted by molar-refractivity contribution is 6.10. The molecule has 2 heterocycles. The Balaban J connectivity index is 1.69. The minimum absolute atomic E-state index is 0.0215. The van der Waals surface area contributed by atoms with Crippen LogP contribution in [0.25, 0.3) is 11.0 Å². The number of hydrogen-bond donors (Lipinski definition) is 1. The van der Waals surface area contributed by atoms with Crippen LogP contribution in [0.5, 0.6) is 0 Å². The molecular weight excluding hydrogens is 414 g/mol. The van der Waals surface area contributed by atoms with Gasteiger partial charge in [-0.25, -0.2) is 4.98 Å². The van der Waals surface area contributed by atoms with Crippen LogP contribution >= 0.6 is 0 Å². The lowest BCUT2D eigenvalue weighted by atomic mass is 10.0. The van der Waals surface area contributed by atoms with Crippen molar-refractivity contribution in [2.45, 2.75) is 33.4 Å². The molecule has 6 nitrogen and oxygen atoms in total. The van der Waals surface area contributed by atoms with E-state index < -0.39 is 0 Å². The number of rotatable bonds is 7. The van der Waals surface area contributed by atoms with Crippen molar-refractivity contribution in [3.8, 4) is 0 Å². The summed E-state index contributed by atoms with van der Waals surface area (Å²) >= 11 is 0. The SMILES string of the molecule is CCc1ccc(C(=O)c2cn(CC(=O)NCc3ccccc3)c3nc(C)ccc3c2=O)cc1. The van der Waals surface area contributed by atoms with E-state index in [4.69, 9.17) is 0 Å². The van der Waals surface area contributed by atoms with Crippen LogP contribution in [0.4, 0.5) is 0 Å². The molecule has 0 aliphatic carbocycles. The Morgan fingerprint density at radius 3 is 2.36 bits per heavy atom. The minimum Gasteiger partial charge on any atom is -0.350 e. The summed E-state index contributed by atoms with van der Waals surface area (Å²) in [5.41, 5.74) is 3.26. The van der Waals surface area contributed by atoms with Gasteiger partial charge >= 0.3 is 0 Å². The summed E-state index contributed by atoms with van der Waals surface area (Å²) < 4.78 is 1.58. The number of carbonyl (C=O) groups is 2. The van der Waals surface area contributed by atoms with Crippen molar-refractivity contribution in [2.75, 3.05) is 0 Å². The molecule has 4 aromatic rings. The van der Waals surface area contributed by atoms with Crippen LogP contribution in [-0.2, 0) is 24.3 Å². The van der Waals surface area contributed by atoms with Gasteiger partial charge in [0.25, 0.3) is 0 Å². The zero-order valence-electron chi connectivity index (χ0n) is 18.7. The van der Waals surface area contributed by atoms with E-state index in [0.717, 1.165) is 23.2 Å². The molecule has 0 radical (unpaired) electrons. The Morgan fingerprint density at radius 1 is 0.939 bits per heavy atom. The molecule has 6 heteroatoms. The lowest BCUT2D eigenvalue weighted by Gasteiger charge is -2.13. The Labute approximate surface area is 191 Å². The number of pyridine rings is 2. The molecule has 0 atom stereocenters. The van der Waals surface area contributed by atoms with Crippen molar-refractivity contribution in [1.82, 2.24) is 14.9 Å². The number of hydrogen-bond acceptors (Lipinski definition) is 4. The van der Waals surface area contributed by atoms with Gasteiger partial charge in [0.2, 0.25) is 11.3 Å². The fourth-order valence-electron chi connectivity index (χ4n) is 3.70. The van der Waals surface area contributed by atoms with Crippen LogP contribution in [0.15, 0.2) is 77.7 Å². The molecule has 33 heavy (non-hydrogen) atoms. The van der Waals surface area contributed by atoms with Crippen LogP contribution in [0.2, 0.25) is 0 Å². The Kier molecular flexibility index (Phi) is 6.45. The second kappa shape index (κ2) is 9.61. The highest BCUT2D eigenvalue weighted by atomic mass is 16.2. The molecule has 0 saturated carbocycles. The van der Waals surface area contributed by atoms with Gasteiger partial charge in [-0.1, -0.05) is 61.5 Å². The van der Waals surface area contributed by atoms with Crippen LogP contribution in [0, 0.1) is 6.92 Å². The fourth-order valence-corrected chi connectivity index (χ4v) is 3.70. The quantitative estimate of drug-likeness (QED) is 0.444. The highest BCUT2D eigenvalue weighted by Crippen LogP contribution is 2.15. The van der Waals surface area contributed by atoms with Crippen LogP contribution in [0.3, 0.4) is 0 Å². The average Bonchev–Trinajstić information content (AvgIpc) is 2.84. The van der Waals surface area contributed by atoms with Crippen LogP contribution in [-0.4, -0.2) is 21.2 Å². The highest BCUT2D eigenvalue weighted by Gasteiger charge is 2.19. The van der Waals surface area contributed by atoms with Crippen molar-refractivity contribution in [2.24, 2.45) is 0 Å². The standard InChI is InChI=1S/C27H25N3O3/c1-3-19-10-12-21(13-11-19)25(32)23-16-30(27-22(26(23)33)14-9-18(2)29-27)17-24(31)28-15-20-7-5-4-6-8-20/h4-14,16H,3,15,17H2,1-2H3,(H,28,31). The summed E-state index contributed by atoms with van der Waals surface area (Å²) in [6.45, 7) is 4.18. The number of nitrogens with zero attached hydrogens (tertiary/aromatic N) is 2. The van der Waals surface area contributed by atoms with E-state index in [1.165, 1.54) is 6.20 Å². The lowest BCUT2D eigenvalue weighted by Crippen LogP contribution is -2.29. The molecule has 0 saturated heterocycles. The molecule has 0 bridgehead atoms. The molecule has 4 rings (SSSR count). The number of aromatic nitrogens is 2. The third-order valence-electron chi connectivity index (χ3n) is 5.58. The van der Waals surface area contributed by atoms with E-state index >= 15 is 0 Å². The van der Waals surface area contributed by atoms with Gasteiger partial charge in [-0.05, 0) is 36.6 Å². The van der Waals surface area contributed by atoms with Gasteiger partial charge in [-0.3, -0.25) is 14.4 Å².